The molecule has 0 amide bonds. The second-order valence-corrected chi connectivity index (χ2v) is 5.05. The maximum absolute atomic E-state index is 5.57. The molecule has 0 saturated carbocycles. The monoisotopic (exact) mass is 241 g/mol. The number of rotatable bonds is 3. The van der Waals surface area contributed by atoms with Gasteiger partial charge in [-0.25, -0.2) is 0 Å². The second kappa shape index (κ2) is 4.99. The van der Waals surface area contributed by atoms with Crippen LogP contribution in [0.25, 0.3) is 0 Å². The lowest BCUT2D eigenvalue weighted by molar-refractivity contribution is 0.297. The molecule has 2 heteroatoms. The summed E-state index contributed by atoms with van der Waals surface area (Å²) >= 11 is 0. The fraction of sp³-hybridized carbons (Fsp3) is 0.375. The van der Waals surface area contributed by atoms with Crippen LogP contribution in [-0.2, 0) is 12.8 Å². The van der Waals surface area contributed by atoms with E-state index in [-0.39, 0.29) is 0 Å². The van der Waals surface area contributed by atoms with Gasteiger partial charge in [0.05, 0.1) is 12.3 Å². The third-order valence-corrected chi connectivity index (χ3v) is 4.02. The first kappa shape index (κ1) is 11.5. The van der Waals surface area contributed by atoms with Gasteiger partial charge >= 0.3 is 0 Å². The van der Waals surface area contributed by atoms with E-state index in [9.17, 15) is 0 Å². The zero-order valence-corrected chi connectivity index (χ0v) is 10.7. The Morgan fingerprint density at radius 2 is 2.00 bits per heavy atom. The van der Waals surface area contributed by atoms with E-state index in [1.165, 1.54) is 24.0 Å². The average Bonchev–Trinajstić information content (AvgIpc) is 2.93. The zero-order valence-electron chi connectivity index (χ0n) is 10.7. The van der Waals surface area contributed by atoms with Crippen LogP contribution in [0.4, 0.5) is 0 Å². The summed E-state index contributed by atoms with van der Waals surface area (Å²) in [7, 11) is 2.02. The van der Waals surface area contributed by atoms with Crippen molar-refractivity contribution in [3.63, 3.8) is 0 Å². The predicted octanol–water partition coefficient (Wildman–Crippen LogP) is 3.35. The Labute approximate surface area is 108 Å². The molecule has 1 aliphatic rings. The van der Waals surface area contributed by atoms with Gasteiger partial charge in [0.1, 0.15) is 5.76 Å². The van der Waals surface area contributed by atoms with Gasteiger partial charge in [0.25, 0.3) is 0 Å². The third-order valence-electron chi connectivity index (χ3n) is 4.02. The van der Waals surface area contributed by atoms with Crippen LogP contribution < -0.4 is 5.32 Å². The fourth-order valence-corrected chi connectivity index (χ4v) is 3.09. The van der Waals surface area contributed by atoms with Crippen molar-refractivity contribution >= 4 is 0 Å². The number of hydrogen-bond donors (Lipinski definition) is 1. The summed E-state index contributed by atoms with van der Waals surface area (Å²) < 4.78 is 5.57. The SMILES string of the molecule is CNC(c1ccco1)C1CCc2ccccc2C1. The van der Waals surface area contributed by atoms with Gasteiger partial charge in [0.2, 0.25) is 0 Å². The number of hydrogen-bond acceptors (Lipinski definition) is 2. The maximum Gasteiger partial charge on any atom is 0.120 e. The largest absolute Gasteiger partial charge is 0.468 e. The van der Waals surface area contributed by atoms with E-state index in [4.69, 9.17) is 4.42 Å². The molecule has 94 valence electrons. The van der Waals surface area contributed by atoms with Gasteiger partial charge < -0.3 is 9.73 Å². The molecule has 1 aromatic carbocycles. The van der Waals surface area contributed by atoms with Gasteiger partial charge in [-0.05, 0) is 55.5 Å². The van der Waals surface area contributed by atoms with Crippen LogP contribution in [0.1, 0.15) is 29.3 Å². The minimum atomic E-state index is 0.327. The number of aryl methyl sites for hydroxylation is 1. The van der Waals surface area contributed by atoms with Crippen LogP contribution >= 0.6 is 0 Å². The van der Waals surface area contributed by atoms with E-state index in [0.29, 0.717) is 12.0 Å². The Bertz CT molecular complexity index is 504. The normalized spacial score (nSPS) is 20.4. The molecule has 3 rings (SSSR count). The van der Waals surface area contributed by atoms with Gasteiger partial charge in [-0.15, -0.1) is 0 Å². The summed E-state index contributed by atoms with van der Waals surface area (Å²) in [4.78, 5) is 0. The molecule has 0 bridgehead atoms. The smallest absolute Gasteiger partial charge is 0.120 e. The molecular weight excluding hydrogens is 222 g/mol. The predicted molar refractivity (Wildman–Crippen MR) is 72.5 cm³/mol. The van der Waals surface area contributed by atoms with Crippen molar-refractivity contribution in [2.75, 3.05) is 7.05 Å². The average molecular weight is 241 g/mol. The number of furan rings is 1. The summed E-state index contributed by atoms with van der Waals surface area (Å²) in [5.41, 5.74) is 3.02. The first-order valence-electron chi connectivity index (χ1n) is 6.66. The Morgan fingerprint density at radius 1 is 1.17 bits per heavy atom. The summed E-state index contributed by atoms with van der Waals surface area (Å²) in [6.45, 7) is 0. The van der Waals surface area contributed by atoms with Crippen molar-refractivity contribution in [3.05, 3.63) is 59.5 Å². The lowest BCUT2D eigenvalue weighted by atomic mass is 9.79. The first-order chi connectivity index (χ1) is 8.88. The van der Waals surface area contributed by atoms with Crippen molar-refractivity contribution in [2.45, 2.75) is 25.3 Å². The summed E-state index contributed by atoms with van der Waals surface area (Å²) in [5.74, 6) is 1.68. The van der Waals surface area contributed by atoms with Gasteiger partial charge in [0.15, 0.2) is 0 Å². The van der Waals surface area contributed by atoms with Crippen molar-refractivity contribution < 1.29 is 4.42 Å². The van der Waals surface area contributed by atoms with E-state index >= 15 is 0 Å². The van der Waals surface area contributed by atoms with Gasteiger partial charge in [-0.1, -0.05) is 24.3 Å². The van der Waals surface area contributed by atoms with E-state index in [0.717, 1.165) is 12.2 Å². The minimum absolute atomic E-state index is 0.327. The minimum Gasteiger partial charge on any atom is -0.468 e. The highest BCUT2D eigenvalue weighted by Gasteiger charge is 2.27. The van der Waals surface area contributed by atoms with E-state index in [2.05, 4.69) is 35.6 Å². The zero-order chi connectivity index (χ0) is 12.4. The van der Waals surface area contributed by atoms with Crippen LogP contribution in [0, 0.1) is 5.92 Å². The topological polar surface area (TPSA) is 25.2 Å². The molecule has 2 aromatic rings. The molecule has 2 nitrogen and oxygen atoms in total. The molecule has 2 atom stereocenters. The Kier molecular flexibility index (Phi) is 3.20. The van der Waals surface area contributed by atoms with Crippen LogP contribution in [0.2, 0.25) is 0 Å². The molecule has 0 aliphatic heterocycles. The van der Waals surface area contributed by atoms with Crippen molar-refractivity contribution in [2.24, 2.45) is 5.92 Å². The standard InChI is InChI=1S/C16H19NO/c1-17-16(15-7-4-10-18-15)14-9-8-12-5-2-3-6-13(12)11-14/h2-7,10,14,16-17H,8-9,11H2,1H3. The molecular formula is C16H19NO. The van der Waals surface area contributed by atoms with Crippen molar-refractivity contribution in [3.8, 4) is 0 Å². The van der Waals surface area contributed by atoms with Crippen LogP contribution in [0.15, 0.2) is 47.1 Å². The molecule has 0 saturated heterocycles. The molecule has 18 heavy (non-hydrogen) atoms. The number of benzene rings is 1. The quantitative estimate of drug-likeness (QED) is 0.891. The van der Waals surface area contributed by atoms with Crippen LogP contribution in [0.5, 0.6) is 0 Å². The first-order valence-corrected chi connectivity index (χ1v) is 6.66. The highest BCUT2D eigenvalue weighted by Crippen LogP contribution is 2.34. The summed E-state index contributed by atoms with van der Waals surface area (Å²) in [5, 5.41) is 3.41. The van der Waals surface area contributed by atoms with Gasteiger partial charge in [-0.2, -0.15) is 0 Å². The van der Waals surface area contributed by atoms with E-state index < -0.39 is 0 Å². The number of fused-ring (bicyclic) bond motifs is 1. The summed E-state index contributed by atoms with van der Waals surface area (Å²) in [6.07, 6.45) is 5.31. The molecule has 1 aromatic heterocycles. The fourth-order valence-electron chi connectivity index (χ4n) is 3.09. The Morgan fingerprint density at radius 3 is 2.72 bits per heavy atom. The highest BCUT2D eigenvalue weighted by molar-refractivity contribution is 5.30. The lowest BCUT2D eigenvalue weighted by Gasteiger charge is -2.30. The maximum atomic E-state index is 5.57. The molecule has 1 aliphatic carbocycles. The molecule has 0 spiro atoms. The van der Waals surface area contributed by atoms with Crippen LogP contribution in [0.3, 0.4) is 0 Å². The summed E-state index contributed by atoms with van der Waals surface area (Å²) in [6, 6.07) is 13.2. The highest BCUT2D eigenvalue weighted by atomic mass is 16.3. The van der Waals surface area contributed by atoms with Gasteiger partial charge in [0, 0.05) is 0 Å². The Hall–Kier alpha value is -1.54. The van der Waals surface area contributed by atoms with Crippen LogP contribution in [-0.4, -0.2) is 7.05 Å². The molecule has 1 heterocycles. The lowest BCUT2D eigenvalue weighted by Crippen LogP contribution is -2.29. The molecule has 2 unspecified atom stereocenters. The third kappa shape index (κ3) is 2.08. The molecule has 0 radical (unpaired) electrons. The number of nitrogens with one attached hydrogen (secondary N) is 1. The molecule has 0 fully saturated rings. The van der Waals surface area contributed by atoms with E-state index in [1.807, 2.05) is 13.1 Å². The van der Waals surface area contributed by atoms with Crippen molar-refractivity contribution in [1.29, 1.82) is 0 Å². The van der Waals surface area contributed by atoms with Crippen molar-refractivity contribution in [1.82, 2.24) is 5.32 Å². The Balaban J connectivity index is 1.82. The molecule has 1 N–H and O–H groups in total. The second-order valence-electron chi connectivity index (χ2n) is 5.05. The van der Waals surface area contributed by atoms with Gasteiger partial charge in [-0.3, -0.25) is 0 Å². The van der Waals surface area contributed by atoms with E-state index in [1.54, 1.807) is 6.26 Å².